The summed E-state index contributed by atoms with van der Waals surface area (Å²) in [4.78, 5) is 24.8. The fraction of sp³-hybridized carbons (Fsp3) is 0.889. The normalized spacial score (nSPS) is 44.3. The molecule has 3 aliphatic carbocycles. The van der Waals surface area contributed by atoms with Crippen LogP contribution >= 0.6 is 0 Å². The fourth-order valence-corrected chi connectivity index (χ4v) is 6.00. The summed E-state index contributed by atoms with van der Waals surface area (Å²) in [6, 6.07) is 0. The molecule has 2 nitrogen and oxygen atoms in total. The minimum Gasteiger partial charge on any atom is -0.299 e. The van der Waals surface area contributed by atoms with Crippen LogP contribution in [0.3, 0.4) is 0 Å². The molecule has 2 heteroatoms. The third kappa shape index (κ3) is 1.83. The van der Waals surface area contributed by atoms with E-state index in [9.17, 15) is 9.59 Å². The first-order valence-electron chi connectivity index (χ1n) is 8.55. The van der Waals surface area contributed by atoms with E-state index in [4.69, 9.17) is 0 Å². The molecule has 0 aromatic rings. The molecule has 0 amide bonds. The lowest BCUT2D eigenvalue weighted by Crippen LogP contribution is -2.56. The molecule has 0 aromatic carbocycles. The smallest absolute Gasteiger partial charge is 0.136 e. The molecule has 0 heterocycles. The zero-order valence-corrected chi connectivity index (χ0v) is 13.0. The molecular formula is C18H28O2. The summed E-state index contributed by atoms with van der Waals surface area (Å²) in [5.41, 5.74) is -0.140. The van der Waals surface area contributed by atoms with Crippen molar-refractivity contribution in [3.63, 3.8) is 0 Å². The highest BCUT2D eigenvalue weighted by Crippen LogP contribution is 2.63. The van der Waals surface area contributed by atoms with Crippen LogP contribution in [0.2, 0.25) is 0 Å². The first-order valence-corrected chi connectivity index (χ1v) is 8.55. The van der Waals surface area contributed by atoms with Crippen LogP contribution in [0.15, 0.2) is 0 Å². The number of hydrogen-bond donors (Lipinski definition) is 0. The van der Waals surface area contributed by atoms with E-state index < -0.39 is 0 Å². The monoisotopic (exact) mass is 276 g/mol. The van der Waals surface area contributed by atoms with Crippen LogP contribution < -0.4 is 0 Å². The molecule has 3 rings (SSSR count). The van der Waals surface area contributed by atoms with E-state index >= 15 is 0 Å². The number of hydrogen-bond acceptors (Lipinski definition) is 2. The number of carbonyl (C=O) groups is 2. The first-order chi connectivity index (χ1) is 9.53. The Morgan fingerprint density at radius 1 is 0.700 bits per heavy atom. The van der Waals surface area contributed by atoms with Gasteiger partial charge in [-0.05, 0) is 64.2 Å². The van der Waals surface area contributed by atoms with Gasteiger partial charge in [-0.15, -0.1) is 0 Å². The van der Waals surface area contributed by atoms with E-state index in [1.807, 2.05) is 13.8 Å². The summed E-state index contributed by atoms with van der Waals surface area (Å²) < 4.78 is 0. The van der Waals surface area contributed by atoms with Crippen molar-refractivity contribution in [3.8, 4) is 0 Å². The van der Waals surface area contributed by atoms with Gasteiger partial charge in [0.2, 0.25) is 0 Å². The van der Waals surface area contributed by atoms with Crippen molar-refractivity contribution in [2.75, 3.05) is 0 Å². The highest BCUT2D eigenvalue weighted by Gasteiger charge is 2.59. The van der Waals surface area contributed by atoms with Gasteiger partial charge in [-0.25, -0.2) is 0 Å². The van der Waals surface area contributed by atoms with Gasteiger partial charge >= 0.3 is 0 Å². The summed E-state index contributed by atoms with van der Waals surface area (Å²) in [5.74, 6) is 1.80. The topological polar surface area (TPSA) is 34.1 Å². The van der Waals surface area contributed by atoms with Crippen LogP contribution in [0.4, 0.5) is 0 Å². The van der Waals surface area contributed by atoms with Gasteiger partial charge in [0.15, 0.2) is 0 Å². The quantitative estimate of drug-likeness (QED) is 0.753. The Hall–Kier alpha value is -0.660. The first kappa shape index (κ1) is 14.3. The van der Waals surface area contributed by atoms with E-state index in [1.54, 1.807) is 0 Å². The number of ketones is 2. The maximum atomic E-state index is 12.4. The molecule has 3 aliphatic rings. The van der Waals surface area contributed by atoms with Crippen molar-refractivity contribution in [1.29, 1.82) is 0 Å². The average molecular weight is 276 g/mol. The summed E-state index contributed by atoms with van der Waals surface area (Å²) in [6.45, 7) is 3.61. The Balaban J connectivity index is 2.00. The molecule has 3 saturated carbocycles. The van der Waals surface area contributed by atoms with Gasteiger partial charge in [0.1, 0.15) is 11.6 Å². The minimum atomic E-state index is -0.0702. The van der Waals surface area contributed by atoms with Gasteiger partial charge in [-0.3, -0.25) is 9.59 Å². The van der Waals surface area contributed by atoms with E-state index in [2.05, 4.69) is 0 Å². The second kappa shape index (κ2) is 4.96. The third-order valence-electron chi connectivity index (χ3n) is 7.10. The SMILES string of the molecule is CC(=O)C12CCCCC1C1CCCCC1(C(C)=O)CC2. The van der Waals surface area contributed by atoms with E-state index in [0.29, 0.717) is 23.4 Å². The lowest BCUT2D eigenvalue weighted by Gasteiger charge is -2.58. The van der Waals surface area contributed by atoms with Crippen molar-refractivity contribution in [1.82, 2.24) is 0 Å². The summed E-state index contributed by atoms with van der Waals surface area (Å²) in [5, 5.41) is 0. The molecule has 4 unspecified atom stereocenters. The van der Waals surface area contributed by atoms with E-state index in [-0.39, 0.29) is 10.8 Å². The zero-order valence-electron chi connectivity index (χ0n) is 13.0. The Labute approximate surface area is 122 Å². The molecule has 0 aliphatic heterocycles. The van der Waals surface area contributed by atoms with Crippen molar-refractivity contribution >= 4 is 11.6 Å². The molecule has 4 atom stereocenters. The van der Waals surface area contributed by atoms with Crippen LogP contribution in [-0.2, 0) is 9.59 Å². The van der Waals surface area contributed by atoms with Gasteiger partial charge in [0.05, 0.1) is 0 Å². The molecule has 0 saturated heterocycles. The molecule has 0 spiro atoms. The molecule has 0 radical (unpaired) electrons. The Kier molecular flexibility index (Phi) is 3.54. The number of carbonyl (C=O) groups excluding carboxylic acids is 2. The van der Waals surface area contributed by atoms with Gasteiger partial charge < -0.3 is 0 Å². The predicted molar refractivity (Wildman–Crippen MR) is 79.4 cm³/mol. The molecule has 0 N–H and O–H groups in total. The molecular weight excluding hydrogens is 248 g/mol. The van der Waals surface area contributed by atoms with E-state index in [1.165, 1.54) is 38.5 Å². The van der Waals surface area contributed by atoms with Crippen LogP contribution in [0.25, 0.3) is 0 Å². The van der Waals surface area contributed by atoms with Crippen LogP contribution in [-0.4, -0.2) is 11.6 Å². The van der Waals surface area contributed by atoms with Crippen molar-refractivity contribution in [2.24, 2.45) is 22.7 Å². The zero-order chi connectivity index (χ0) is 14.4. The molecule has 112 valence electrons. The largest absolute Gasteiger partial charge is 0.299 e. The fourth-order valence-electron chi connectivity index (χ4n) is 6.00. The lowest BCUT2D eigenvalue weighted by atomic mass is 9.44. The maximum Gasteiger partial charge on any atom is 0.136 e. The van der Waals surface area contributed by atoms with Crippen molar-refractivity contribution < 1.29 is 9.59 Å². The van der Waals surface area contributed by atoms with Crippen LogP contribution in [0.5, 0.6) is 0 Å². The highest BCUT2D eigenvalue weighted by molar-refractivity contribution is 5.86. The van der Waals surface area contributed by atoms with Crippen molar-refractivity contribution in [3.05, 3.63) is 0 Å². The highest BCUT2D eigenvalue weighted by atomic mass is 16.1. The molecule has 3 fully saturated rings. The molecule has 20 heavy (non-hydrogen) atoms. The standard InChI is InChI=1S/C18H28O2/c1-13(19)17-9-5-3-7-15(17)16-8-4-6-10-18(16,12-11-17)14(2)20/h15-16H,3-12H2,1-2H3. The Morgan fingerprint density at radius 3 is 1.45 bits per heavy atom. The second-order valence-electron chi connectivity index (χ2n) is 7.63. The third-order valence-corrected chi connectivity index (χ3v) is 7.10. The predicted octanol–water partition coefficient (Wildman–Crippen LogP) is 4.31. The molecule has 0 bridgehead atoms. The van der Waals surface area contributed by atoms with E-state index in [0.717, 1.165) is 25.7 Å². The number of rotatable bonds is 2. The minimum absolute atomic E-state index is 0.0702. The van der Waals surface area contributed by atoms with Crippen LogP contribution in [0, 0.1) is 22.7 Å². The summed E-state index contributed by atoms with van der Waals surface area (Å²) >= 11 is 0. The van der Waals surface area contributed by atoms with Gasteiger partial charge in [-0.1, -0.05) is 25.7 Å². The number of fused-ring (bicyclic) bond motifs is 3. The molecule has 0 aromatic heterocycles. The van der Waals surface area contributed by atoms with Gasteiger partial charge in [0, 0.05) is 10.8 Å². The second-order valence-corrected chi connectivity index (χ2v) is 7.63. The van der Waals surface area contributed by atoms with Gasteiger partial charge in [0.25, 0.3) is 0 Å². The average Bonchev–Trinajstić information content (AvgIpc) is 2.46. The summed E-state index contributed by atoms with van der Waals surface area (Å²) in [7, 11) is 0. The van der Waals surface area contributed by atoms with Gasteiger partial charge in [-0.2, -0.15) is 0 Å². The van der Waals surface area contributed by atoms with Crippen molar-refractivity contribution in [2.45, 2.75) is 78.1 Å². The Morgan fingerprint density at radius 2 is 1.10 bits per heavy atom. The Bertz CT molecular complexity index is 387. The lowest BCUT2D eigenvalue weighted by molar-refractivity contribution is -0.159. The number of Topliss-reactive ketones (excluding diaryl/α,β-unsaturated/α-hetero) is 2. The maximum absolute atomic E-state index is 12.4. The van der Waals surface area contributed by atoms with Crippen LogP contribution in [0.1, 0.15) is 78.1 Å². The summed E-state index contributed by atoms with van der Waals surface area (Å²) in [6.07, 6.45) is 11.4.